The Balaban J connectivity index is 1.68. The quantitative estimate of drug-likeness (QED) is 0.321. The van der Waals surface area contributed by atoms with Gasteiger partial charge >= 0.3 is 11.9 Å². The number of hydrogen-bond acceptors (Lipinski definition) is 11. The molecule has 9 nitrogen and oxygen atoms in total. The molecule has 3 N–H and O–H groups in total. The highest BCUT2D eigenvalue weighted by atomic mass is 32.2. The van der Waals surface area contributed by atoms with Crippen molar-refractivity contribution in [1.82, 2.24) is 0 Å². The number of carbonyl (C=O) groups is 2. The Hall–Kier alpha value is -2.06. The topological polar surface area (TPSA) is 132 Å². The Morgan fingerprint density at radius 1 is 0.575 bits per heavy atom. The fourth-order valence-electron chi connectivity index (χ4n) is 5.23. The van der Waals surface area contributed by atoms with Gasteiger partial charge in [-0.1, -0.05) is 0 Å². The molecule has 4 aliphatic heterocycles. The van der Waals surface area contributed by atoms with Crippen molar-refractivity contribution in [1.29, 1.82) is 0 Å². The third kappa shape index (κ3) is 4.22. The molecule has 0 spiro atoms. The summed E-state index contributed by atoms with van der Waals surface area (Å²) in [5, 5.41) is 32.8. The predicted molar refractivity (Wildman–Crippen MR) is 153 cm³/mol. The number of aliphatic hydroxyl groups excluding tert-OH is 1. The van der Waals surface area contributed by atoms with Crippen molar-refractivity contribution in [3.05, 3.63) is 22.3 Å². The summed E-state index contributed by atoms with van der Waals surface area (Å²) < 4.78 is 23.4. The number of carboxylic acids is 2. The number of rotatable bonds is 4. The van der Waals surface area contributed by atoms with Crippen molar-refractivity contribution in [3.63, 3.8) is 0 Å². The van der Waals surface area contributed by atoms with Crippen LogP contribution in [0, 0.1) is 0 Å². The molecule has 6 rings (SSSR count). The average molecular weight is 625 g/mol. The summed E-state index contributed by atoms with van der Waals surface area (Å²) in [7, 11) is 0. The van der Waals surface area contributed by atoms with E-state index < -0.39 is 29.6 Å². The molecule has 0 aromatic heterocycles. The fraction of sp³-hybridized carbons (Fsp3) is 0.481. The third-order valence-electron chi connectivity index (χ3n) is 6.47. The van der Waals surface area contributed by atoms with Crippen molar-refractivity contribution in [3.8, 4) is 23.0 Å². The lowest BCUT2D eigenvalue weighted by atomic mass is 9.95. The van der Waals surface area contributed by atoms with E-state index in [0.717, 1.165) is 0 Å². The number of benzene rings is 2. The Kier molecular flexibility index (Phi) is 5.96. The summed E-state index contributed by atoms with van der Waals surface area (Å²) in [5.41, 5.74) is 0.718. The van der Waals surface area contributed by atoms with Crippen LogP contribution >= 0.6 is 47.0 Å². The van der Waals surface area contributed by atoms with Crippen LogP contribution in [-0.2, 0) is 0 Å². The lowest BCUT2D eigenvalue weighted by Gasteiger charge is -2.24. The lowest BCUT2D eigenvalue weighted by Crippen LogP contribution is -2.31. The summed E-state index contributed by atoms with van der Waals surface area (Å²) in [6, 6.07) is 0. The molecule has 0 bridgehead atoms. The van der Waals surface area contributed by atoms with Gasteiger partial charge in [-0.3, -0.25) is 0 Å². The lowest BCUT2D eigenvalue weighted by molar-refractivity contribution is -0.0502. The van der Waals surface area contributed by atoms with E-state index in [-0.39, 0.29) is 47.8 Å². The standard InChI is InChI=1S/C27H28O9S4/c1-24(2)33-14-9(15-17(36-25(3,4)34-15)11(22(29)30)16(14)35-24)13(28)10-18-20(39-26(5,6)37-18)12(23(31)32)21-19(10)38-27(7,8)40-21/h13,28H,1-8H3,(H,29,30)(H,31,32). The van der Waals surface area contributed by atoms with Crippen LogP contribution in [0.25, 0.3) is 0 Å². The molecule has 0 saturated heterocycles. The number of aromatic carboxylic acids is 2. The fourth-order valence-corrected chi connectivity index (χ4v) is 11.2. The van der Waals surface area contributed by atoms with E-state index in [9.17, 15) is 24.9 Å². The normalized spacial score (nSPS) is 22.1. The van der Waals surface area contributed by atoms with Crippen LogP contribution in [0.5, 0.6) is 23.0 Å². The molecule has 40 heavy (non-hydrogen) atoms. The summed E-state index contributed by atoms with van der Waals surface area (Å²) in [4.78, 5) is 27.6. The number of aliphatic hydroxyl groups is 1. The number of carboxylic acid groups (broad SMARTS) is 2. The summed E-state index contributed by atoms with van der Waals surface area (Å²) in [5.74, 6) is -4.72. The number of ether oxygens (including phenoxy) is 4. The van der Waals surface area contributed by atoms with Crippen molar-refractivity contribution in [2.45, 2.75) is 101 Å². The molecule has 4 aliphatic rings. The number of fused-ring (bicyclic) bond motifs is 4. The maximum absolute atomic E-state index is 12.6. The molecule has 4 heterocycles. The molecule has 0 fully saturated rings. The number of thioether (sulfide) groups is 4. The number of hydrogen-bond donors (Lipinski definition) is 3. The first-order chi connectivity index (χ1) is 18.3. The van der Waals surface area contributed by atoms with Crippen LogP contribution in [0.2, 0.25) is 0 Å². The van der Waals surface area contributed by atoms with E-state index in [0.29, 0.717) is 25.1 Å². The Labute approximate surface area is 248 Å². The van der Waals surface area contributed by atoms with E-state index in [4.69, 9.17) is 18.9 Å². The van der Waals surface area contributed by atoms with Gasteiger partial charge in [-0.05, 0) is 27.7 Å². The molecule has 2 aromatic carbocycles. The molecule has 2 aromatic rings. The summed E-state index contributed by atoms with van der Waals surface area (Å²) >= 11 is 5.90. The minimum absolute atomic E-state index is 0.0493. The minimum Gasteiger partial charge on any atom is -0.478 e. The van der Waals surface area contributed by atoms with Gasteiger partial charge in [0.15, 0.2) is 28.6 Å². The molecule has 13 heteroatoms. The van der Waals surface area contributed by atoms with Crippen molar-refractivity contribution < 1.29 is 43.9 Å². The van der Waals surface area contributed by atoms with Crippen LogP contribution in [0.15, 0.2) is 19.6 Å². The van der Waals surface area contributed by atoms with E-state index in [1.165, 1.54) is 47.0 Å². The second-order valence-electron chi connectivity index (χ2n) is 11.6. The summed E-state index contributed by atoms with van der Waals surface area (Å²) in [6.07, 6.45) is -1.38. The molecule has 0 aliphatic carbocycles. The molecular formula is C27H28O9S4. The van der Waals surface area contributed by atoms with E-state index >= 15 is 0 Å². The summed E-state index contributed by atoms with van der Waals surface area (Å²) in [6.45, 7) is 14.6. The molecule has 1 atom stereocenters. The van der Waals surface area contributed by atoms with Crippen LogP contribution < -0.4 is 18.9 Å². The zero-order valence-corrected chi connectivity index (χ0v) is 26.3. The zero-order valence-electron chi connectivity index (χ0n) is 23.0. The molecule has 214 valence electrons. The second kappa shape index (κ2) is 8.50. The molecule has 0 amide bonds. The van der Waals surface area contributed by atoms with Gasteiger partial charge in [-0.15, -0.1) is 47.0 Å². The van der Waals surface area contributed by atoms with Gasteiger partial charge < -0.3 is 34.3 Å². The highest BCUT2D eigenvalue weighted by Crippen LogP contribution is 2.68. The first-order valence-corrected chi connectivity index (χ1v) is 15.7. The molecule has 0 radical (unpaired) electrons. The first-order valence-electron chi connectivity index (χ1n) is 12.5. The molecule has 0 saturated carbocycles. The first kappa shape index (κ1) is 28.1. The van der Waals surface area contributed by atoms with Crippen LogP contribution in [0.3, 0.4) is 0 Å². The van der Waals surface area contributed by atoms with E-state index in [1.807, 2.05) is 27.7 Å². The van der Waals surface area contributed by atoms with Gasteiger partial charge in [0.2, 0.25) is 11.6 Å². The van der Waals surface area contributed by atoms with Gasteiger partial charge in [0.1, 0.15) is 6.10 Å². The third-order valence-corrected chi connectivity index (χ3v) is 12.2. The van der Waals surface area contributed by atoms with E-state index in [1.54, 1.807) is 27.7 Å². The molecule has 1 unspecified atom stereocenters. The Morgan fingerprint density at radius 2 is 0.925 bits per heavy atom. The monoisotopic (exact) mass is 624 g/mol. The zero-order chi connectivity index (χ0) is 29.3. The maximum Gasteiger partial charge on any atom is 0.343 e. The van der Waals surface area contributed by atoms with E-state index in [2.05, 4.69) is 0 Å². The minimum atomic E-state index is -1.38. The van der Waals surface area contributed by atoms with Crippen molar-refractivity contribution in [2.75, 3.05) is 0 Å². The highest BCUT2D eigenvalue weighted by Gasteiger charge is 2.51. The van der Waals surface area contributed by atoms with Crippen LogP contribution in [-0.4, -0.2) is 47.0 Å². The van der Waals surface area contributed by atoms with Gasteiger partial charge in [0.05, 0.1) is 19.3 Å². The van der Waals surface area contributed by atoms with Gasteiger partial charge in [-0.2, -0.15) is 0 Å². The van der Waals surface area contributed by atoms with Crippen molar-refractivity contribution in [2.24, 2.45) is 0 Å². The Morgan fingerprint density at radius 3 is 1.30 bits per heavy atom. The van der Waals surface area contributed by atoms with Gasteiger partial charge in [0.25, 0.3) is 0 Å². The Bertz CT molecular complexity index is 1340. The smallest absolute Gasteiger partial charge is 0.343 e. The SMILES string of the molecule is CC1(C)Oc2c(c(C(O)c3c4c(c(C(=O)O)c5c3SC(C)(C)S5)SC(C)(C)S4)c3c(c2C(=O)O)OC(C)(C)O3)O1. The van der Waals surface area contributed by atoms with Gasteiger partial charge in [0, 0.05) is 52.8 Å². The van der Waals surface area contributed by atoms with Crippen LogP contribution in [0.4, 0.5) is 0 Å². The maximum atomic E-state index is 12.6. The van der Waals surface area contributed by atoms with Crippen LogP contribution in [0.1, 0.15) is 93.3 Å². The largest absolute Gasteiger partial charge is 0.478 e. The average Bonchev–Trinajstić information content (AvgIpc) is 3.45. The highest BCUT2D eigenvalue weighted by molar-refractivity contribution is 8.21. The van der Waals surface area contributed by atoms with Crippen molar-refractivity contribution >= 4 is 59.0 Å². The van der Waals surface area contributed by atoms with Gasteiger partial charge in [-0.25, -0.2) is 9.59 Å². The second-order valence-corrected chi connectivity index (χ2v) is 18.7. The molecular weight excluding hydrogens is 597 g/mol. The predicted octanol–water partition coefficient (Wildman–Crippen LogP) is 7.05.